The fraction of sp³-hybridized carbons (Fsp3) is 0.294. The molecule has 122 valence electrons. The van der Waals surface area contributed by atoms with Crippen LogP contribution < -0.4 is 9.64 Å². The van der Waals surface area contributed by atoms with Crippen LogP contribution in [-0.4, -0.2) is 25.0 Å². The van der Waals surface area contributed by atoms with Crippen molar-refractivity contribution in [3.05, 3.63) is 52.9 Å². The number of halogens is 2. The Morgan fingerprint density at radius 1 is 1.35 bits per heavy atom. The minimum absolute atomic E-state index is 0.0474. The summed E-state index contributed by atoms with van der Waals surface area (Å²) in [6, 6.07) is 8.22. The number of methoxy groups -OCH3 is 1. The van der Waals surface area contributed by atoms with Gasteiger partial charge in [0.25, 0.3) is 0 Å². The highest BCUT2D eigenvalue weighted by Crippen LogP contribution is 2.19. The fourth-order valence-corrected chi connectivity index (χ4v) is 2.28. The van der Waals surface area contributed by atoms with Crippen LogP contribution >= 0.6 is 11.6 Å². The molecule has 0 unspecified atom stereocenters. The molecule has 1 amide bonds. The molecule has 1 aromatic carbocycles. The zero-order valence-electron chi connectivity index (χ0n) is 13.1. The Morgan fingerprint density at radius 3 is 2.74 bits per heavy atom. The first-order valence-electron chi connectivity index (χ1n) is 7.22. The average Bonchev–Trinajstić information content (AvgIpc) is 2.55. The third-order valence-electron chi connectivity index (χ3n) is 3.50. The molecule has 0 atom stereocenters. The number of carbonyl (C=O) groups excluding carboxylic acids is 1. The number of aryl methyl sites for hydroxylation is 1. The molecule has 2 aromatic rings. The predicted octanol–water partition coefficient (Wildman–Crippen LogP) is 3.87. The molecule has 0 N–H and O–H groups in total. The van der Waals surface area contributed by atoms with E-state index in [1.54, 1.807) is 31.3 Å². The molecule has 1 heterocycles. The maximum absolute atomic E-state index is 13.6. The van der Waals surface area contributed by atoms with E-state index in [9.17, 15) is 9.18 Å². The van der Waals surface area contributed by atoms with Crippen molar-refractivity contribution in [2.45, 2.75) is 19.3 Å². The van der Waals surface area contributed by atoms with E-state index in [-0.39, 0.29) is 17.5 Å². The van der Waals surface area contributed by atoms with Crippen LogP contribution in [0.5, 0.6) is 5.75 Å². The minimum atomic E-state index is -0.390. The molecule has 0 saturated heterocycles. The smallest absolute Gasteiger partial charge is 0.227 e. The normalized spacial score (nSPS) is 10.4. The van der Waals surface area contributed by atoms with Crippen molar-refractivity contribution < 1.29 is 13.9 Å². The molecule has 6 heteroatoms. The maximum atomic E-state index is 13.6. The van der Waals surface area contributed by atoms with Gasteiger partial charge in [0.1, 0.15) is 5.82 Å². The summed E-state index contributed by atoms with van der Waals surface area (Å²) in [7, 11) is 3.10. The van der Waals surface area contributed by atoms with Crippen LogP contribution in [0.1, 0.15) is 18.4 Å². The standard InChI is InChI=1S/C17H18ClFN2O2/c1-21(16-9-7-13(18)11-20-16)17(22)5-3-4-12-6-8-15(23-2)14(19)10-12/h6-11H,3-5H2,1-2H3. The number of hydrogen-bond donors (Lipinski definition) is 0. The number of carbonyl (C=O) groups is 1. The predicted molar refractivity (Wildman–Crippen MR) is 88.5 cm³/mol. The molecular weight excluding hydrogens is 319 g/mol. The average molecular weight is 337 g/mol. The maximum Gasteiger partial charge on any atom is 0.227 e. The van der Waals surface area contributed by atoms with Crippen molar-refractivity contribution >= 4 is 23.3 Å². The molecule has 0 aliphatic carbocycles. The van der Waals surface area contributed by atoms with E-state index in [0.717, 1.165) is 5.56 Å². The van der Waals surface area contributed by atoms with E-state index in [4.69, 9.17) is 16.3 Å². The van der Waals surface area contributed by atoms with Crippen LogP contribution in [0.4, 0.5) is 10.2 Å². The van der Waals surface area contributed by atoms with Gasteiger partial charge in [-0.3, -0.25) is 9.69 Å². The summed E-state index contributed by atoms with van der Waals surface area (Å²) >= 11 is 5.78. The minimum Gasteiger partial charge on any atom is -0.494 e. The van der Waals surface area contributed by atoms with Crippen molar-refractivity contribution in [2.24, 2.45) is 0 Å². The van der Waals surface area contributed by atoms with Crippen molar-refractivity contribution in [2.75, 3.05) is 19.1 Å². The van der Waals surface area contributed by atoms with Gasteiger partial charge in [0, 0.05) is 19.7 Å². The Hall–Kier alpha value is -2.14. The van der Waals surface area contributed by atoms with Crippen molar-refractivity contribution in [1.82, 2.24) is 4.98 Å². The van der Waals surface area contributed by atoms with Gasteiger partial charge in [-0.2, -0.15) is 0 Å². The zero-order valence-corrected chi connectivity index (χ0v) is 13.8. The molecule has 1 aromatic heterocycles. The van der Waals surface area contributed by atoms with Gasteiger partial charge in [-0.25, -0.2) is 9.37 Å². The first-order chi connectivity index (χ1) is 11.0. The van der Waals surface area contributed by atoms with Gasteiger partial charge >= 0.3 is 0 Å². The Labute approximate surface area is 139 Å². The molecule has 0 aliphatic rings. The number of nitrogens with zero attached hydrogens (tertiary/aromatic N) is 2. The Balaban J connectivity index is 1.87. The summed E-state index contributed by atoms with van der Waals surface area (Å²) in [6.45, 7) is 0. The third kappa shape index (κ3) is 4.66. The second-order valence-corrected chi connectivity index (χ2v) is 5.55. The van der Waals surface area contributed by atoms with Gasteiger partial charge in [0.15, 0.2) is 11.6 Å². The lowest BCUT2D eigenvalue weighted by atomic mass is 10.1. The summed E-state index contributed by atoms with van der Waals surface area (Å²) in [5.74, 6) is 0.334. The molecule has 2 rings (SSSR count). The Bertz CT molecular complexity index is 677. The van der Waals surface area contributed by atoms with Gasteiger partial charge < -0.3 is 4.74 Å². The summed E-state index contributed by atoms with van der Waals surface area (Å²) in [6.07, 6.45) is 3.10. The van der Waals surface area contributed by atoms with Gasteiger partial charge in [-0.15, -0.1) is 0 Å². The van der Waals surface area contributed by atoms with Crippen LogP contribution in [-0.2, 0) is 11.2 Å². The lowest BCUT2D eigenvalue weighted by molar-refractivity contribution is -0.118. The van der Waals surface area contributed by atoms with Gasteiger partial charge in [-0.1, -0.05) is 17.7 Å². The van der Waals surface area contributed by atoms with Gasteiger partial charge in [0.05, 0.1) is 12.1 Å². The molecule has 23 heavy (non-hydrogen) atoms. The monoisotopic (exact) mass is 336 g/mol. The largest absolute Gasteiger partial charge is 0.494 e. The van der Waals surface area contributed by atoms with E-state index in [2.05, 4.69) is 4.98 Å². The number of pyridine rings is 1. The first-order valence-corrected chi connectivity index (χ1v) is 7.59. The van der Waals surface area contributed by atoms with Crippen molar-refractivity contribution in [3.8, 4) is 5.75 Å². The van der Waals surface area contributed by atoms with Crippen LogP contribution in [0.15, 0.2) is 36.5 Å². The highest BCUT2D eigenvalue weighted by molar-refractivity contribution is 6.30. The molecule has 0 bridgehead atoms. The fourth-order valence-electron chi connectivity index (χ4n) is 2.17. The molecule has 0 saturated carbocycles. The summed E-state index contributed by atoms with van der Waals surface area (Å²) in [4.78, 5) is 17.7. The second kappa shape index (κ2) is 7.92. The quantitative estimate of drug-likeness (QED) is 0.804. The van der Waals surface area contributed by atoms with Crippen molar-refractivity contribution in [3.63, 3.8) is 0 Å². The van der Waals surface area contributed by atoms with E-state index < -0.39 is 0 Å². The highest BCUT2D eigenvalue weighted by atomic mass is 35.5. The van der Waals surface area contributed by atoms with E-state index in [1.807, 2.05) is 0 Å². The first kappa shape index (κ1) is 17.2. The van der Waals surface area contributed by atoms with Crippen LogP contribution in [0.25, 0.3) is 0 Å². The molecule has 0 fully saturated rings. The number of anilines is 1. The molecule has 0 spiro atoms. The summed E-state index contributed by atoms with van der Waals surface area (Å²) in [5.41, 5.74) is 0.836. The van der Waals surface area contributed by atoms with Gasteiger partial charge in [0.2, 0.25) is 5.91 Å². The lowest BCUT2D eigenvalue weighted by Crippen LogP contribution is -2.26. The lowest BCUT2D eigenvalue weighted by Gasteiger charge is -2.16. The third-order valence-corrected chi connectivity index (χ3v) is 3.73. The highest BCUT2D eigenvalue weighted by Gasteiger charge is 2.12. The Kier molecular flexibility index (Phi) is 5.93. The summed E-state index contributed by atoms with van der Waals surface area (Å²) in [5, 5.41) is 0.524. The van der Waals surface area contributed by atoms with Crippen molar-refractivity contribution in [1.29, 1.82) is 0 Å². The number of hydrogen-bond acceptors (Lipinski definition) is 3. The van der Waals surface area contributed by atoms with Gasteiger partial charge in [-0.05, 0) is 42.7 Å². The van der Waals surface area contributed by atoms with E-state index in [1.165, 1.54) is 24.3 Å². The number of ether oxygens (including phenoxy) is 1. The number of aromatic nitrogens is 1. The summed E-state index contributed by atoms with van der Waals surface area (Å²) < 4.78 is 18.5. The molecule has 4 nitrogen and oxygen atoms in total. The number of benzene rings is 1. The van der Waals surface area contributed by atoms with E-state index >= 15 is 0 Å². The molecule has 0 aliphatic heterocycles. The van der Waals surface area contributed by atoms with E-state index in [0.29, 0.717) is 30.1 Å². The Morgan fingerprint density at radius 2 is 2.13 bits per heavy atom. The zero-order chi connectivity index (χ0) is 16.8. The SMILES string of the molecule is COc1ccc(CCCC(=O)N(C)c2ccc(Cl)cn2)cc1F. The number of amides is 1. The topological polar surface area (TPSA) is 42.4 Å². The number of rotatable bonds is 6. The van der Waals surface area contributed by atoms with Crippen LogP contribution in [0.2, 0.25) is 5.02 Å². The molecule has 0 radical (unpaired) electrons. The second-order valence-electron chi connectivity index (χ2n) is 5.11. The molecular formula is C17H18ClFN2O2. The van der Waals surface area contributed by atoms with Crippen LogP contribution in [0.3, 0.4) is 0 Å². The van der Waals surface area contributed by atoms with Crippen LogP contribution in [0, 0.1) is 5.82 Å².